The van der Waals surface area contributed by atoms with Gasteiger partial charge in [0.25, 0.3) is 0 Å². The highest BCUT2D eigenvalue weighted by atomic mass is 32.2. The molecule has 34 heavy (non-hydrogen) atoms. The van der Waals surface area contributed by atoms with Crippen LogP contribution in [0.5, 0.6) is 0 Å². The largest absolute Gasteiger partial charge is 0.377 e. The molecular weight excluding hydrogens is 444 g/mol. The Labute approximate surface area is 203 Å². The first-order valence-electron chi connectivity index (χ1n) is 12.1. The zero-order chi connectivity index (χ0) is 23.3. The Kier molecular flexibility index (Phi) is 5.54. The maximum Gasteiger partial charge on any atom is 0.228 e. The van der Waals surface area contributed by atoms with Gasteiger partial charge in [-0.3, -0.25) is 4.36 Å². The lowest BCUT2D eigenvalue weighted by molar-refractivity contribution is -0.0461. The summed E-state index contributed by atoms with van der Waals surface area (Å²) in [4.78, 5) is 13.8. The third kappa shape index (κ3) is 4.19. The second-order valence-electron chi connectivity index (χ2n) is 9.92. The molecular formula is C26H32N6OS. The average molecular weight is 477 g/mol. The lowest BCUT2D eigenvalue weighted by Gasteiger charge is -2.38. The van der Waals surface area contributed by atoms with Crippen molar-refractivity contribution in [3.8, 4) is 0 Å². The molecule has 3 heterocycles. The number of hydrogen-bond donors (Lipinski definition) is 2. The molecule has 0 radical (unpaired) electrons. The van der Waals surface area contributed by atoms with E-state index in [1.807, 2.05) is 0 Å². The molecule has 1 aliphatic carbocycles. The molecule has 1 unspecified atom stereocenters. The summed E-state index contributed by atoms with van der Waals surface area (Å²) in [6.07, 6.45) is 2.48. The van der Waals surface area contributed by atoms with Crippen molar-refractivity contribution in [3.05, 3.63) is 53.1 Å². The highest BCUT2D eigenvalue weighted by molar-refractivity contribution is 7.87. The van der Waals surface area contributed by atoms with E-state index in [0.717, 1.165) is 41.5 Å². The topological polar surface area (TPSA) is 88.7 Å². The van der Waals surface area contributed by atoms with Gasteiger partial charge in [0.05, 0.1) is 30.3 Å². The zero-order valence-electron chi connectivity index (χ0n) is 19.9. The van der Waals surface area contributed by atoms with E-state index in [1.165, 1.54) is 34.4 Å². The van der Waals surface area contributed by atoms with Crippen molar-refractivity contribution in [2.24, 2.45) is 10.1 Å². The molecule has 2 aromatic carbocycles. The van der Waals surface area contributed by atoms with Crippen LogP contribution in [0.1, 0.15) is 29.5 Å². The standard InChI is InChI=1S/C26H32N6OS/c1-17-7-10-21-23(18(17)2)24(28-14-26(27)15-33-16-26)30-25(29-21)32-11-12-34(31-20-8-9-20)22-6-4-3-5-19(22)13-32/h3-7,10,20H,8-9,11-16,27H2,1-2H3,(H,28,29,30). The van der Waals surface area contributed by atoms with Gasteiger partial charge in [0.1, 0.15) is 5.82 Å². The highest BCUT2D eigenvalue weighted by Crippen LogP contribution is 2.32. The minimum Gasteiger partial charge on any atom is -0.377 e. The van der Waals surface area contributed by atoms with E-state index in [-0.39, 0.29) is 16.2 Å². The first kappa shape index (κ1) is 21.9. The van der Waals surface area contributed by atoms with Crippen LogP contribution in [0.3, 0.4) is 0 Å². The number of hydrogen-bond acceptors (Lipinski definition) is 7. The Morgan fingerprint density at radius 1 is 1.18 bits per heavy atom. The van der Waals surface area contributed by atoms with Gasteiger partial charge in [0.2, 0.25) is 5.95 Å². The van der Waals surface area contributed by atoms with E-state index in [9.17, 15) is 0 Å². The van der Waals surface area contributed by atoms with Gasteiger partial charge in [0.15, 0.2) is 0 Å². The van der Waals surface area contributed by atoms with Gasteiger partial charge in [-0.15, -0.1) is 0 Å². The van der Waals surface area contributed by atoms with Gasteiger partial charge >= 0.3 is 0 Å². The van der Waals surface area contributed by atoms with Crippen molar-refractivity contribution < 1.29 is 4.74 Å². The SMILES string of the molecule is Cc1ccc2nc(N3CCS(=NC4CC4)c4ccccc4C3)nc(NCC3(N)COC3)c2c1C. The van der Waals surface area contributed by atoms with E-state index >= 15 is 0 Å². The maximum absolute atomic E-state index is 6.43. The molecule has 1 saturated heterocycles. The summed E-state index contributed by atoms with van der Waals surface area (Å²) in [6, 6.07) is 13.6. The number of benzene rings is 2. The number of nitrogens with two attached hydrogens (primary N) is 1. The third-order valence-electron chi connectivity index (χ3n) is 7.02. The molecule has 3 N–H and O–H groups in total. The first-order chi connectivity index (χ1) is 16.5. The number of anilines is 2. The van der Waals surface area contributed by atoms with E-state index in [2.05, 4.69) is 60.5 Å². The Balaban J connectivity index is 1.39. The van der Waals surface area contributed by atoms with Crippen LogP contribution < -0.4 is 16.0 Å². The van der Waals surface area contributed by atoms with Crippen LogP contribution in [-0.2, 0) is 22.0 Å². The number of fused-ring (bicyclic) bond motifs is 2. The summed E-state index contributed by atoms with van der Waals surface area (Å²) in [6.45, 7) is 7.73. The van der Waals surface area contributed by atoms with E-state index in [0.29, 0.717) is 25.8 Å². The summed E-state index contributed by atoms with van der Waals surface area (Å²) in [5.41, 5.74) is 10.8. The summed E-state index contributed by atoms with van der Waals surface area (Å²) in [7, 11) is -0.0654. The van der Waals surface area contributed by atoms with Crippen LogP contribution in [0.15, 0.2) is 45.7 Å². The number of rotatable bonds is 5. The van der Waals surface area contributed by atoms with Gasteiger partial charge in [-0.2, -0.15) is 4.98 Å². The van der Waals surface area contributed by atoms with Crippen molar-refractivity contribution in [2.75, 3.05) is 42.3 Å². The molecule has 7 nitrogen and oxygen atoms in total. The van der Waals surface area contributed by atoms with Crippen molar-refractivity contribution in [1.29, 1.82) is 0 Å². The van der Waals surface area contributed by atoms with Crippen LogP contribution in [0.2, 0.25) is 0 Å². The molecule has 0 amide bonds. The fourth-order valence-corrected chi connectivity index (χ4v) is 6.65. The maximum atomic E-state index is 6.43. The van der Waals surface area contributed by atoms with Gasteiger partial charge < -0.3 is 20.7 Å². The normalized spacial score (nSPS) is 21.7. The highest BCUT2D eigenvalue weighted by Gasteiger charge is 2.34. The second-order valence-corrected chi connectivity index (χ2v) is 11.7. The summed E-state index contributed by atoms with van der Waals surface area (Å²) >= 11 is 0. The zero-order valence-corrected chi connectivity index (χ0v) is 20.7. The Hall–Kier alpha value is -2.55. The quantitative estimate of drug-likeness (QED) is 0.583. The molecule has 178 valence electrons. The van der Waals surface area contributed by atoms with Crippen molar-refractivity contribution in [3.63, 3.8) is 0 Å². The summed E-state index contributed by atoms with van der Waals surface area (Å²) < 4.78 is 10.5. The van der Waals surface area contributed by atoms with Crippen molar-refractivity contribution in [2.45, 2.75) is 49.7 Å². The van der Waals surface area contributed by atoms with Crippen molar-refractivity contribution in [1.82, 2.24) is 9.97 Å². The Bertz CT molecular complexity index is 1280. The van der Waals surface area contributed by atoms with Gasteiger partial charge in [-0.05, 0) is 55.5 Å². The van der Waals surface area contributed by atoms with Crippen LogP contribution in [-0.4, -0.2) is 53.6 Å². The predicted molar refractivity (Wildman–Crippen MR) is 139 cm³/mol. The number of nitrogens with zero attached hydrogens (tertiary/aromatic N) is 4. The van der Waals surface area contributed by atoms with Crippen LogP contribution in [0, 0.1) is 13.8 Å². The minimum atomic E-state index is -0.338. The minimum absolute atomic E-state index is 0.0654. The van der Waals surface area contributed by atoms with E-state index in [1.54, 1.807) is 0 Å². The lowest BCUT2D eigenvalue weighted by Crippen LogP contribution is -2.61. The molecule has 2 aliphatic heterocycles. The number of aryl methyl sites for hydroxylation is 2. The fraction of sp³-hybridized carbons (Fsp3) is 0.462. The third-order valence-corrected chi connectivity index (χ3v) is 9.05. The molecule has 1 aromatic heterocycles. The number of ether oxygens (including phenoxy) is 1. The second kappa shape index (κ2) is 8.59. The monoisotopic (exact) mass is 476 g/mol. The smallest absolute Gasteiger partial charge is 0.228 e. The molecule has 3 aliphatic rings. The summed E-state index contributed by atoms with van der Waals surface area (Å²) in [5, 5.41) is 4.63. The number of aromatic nitrogens is 2. The Morgan fingerprint density at radius 2 is 2.00 bits per heavy atom. The van der Waals surface area contributed by atoms with Gasteiger partial charge in [0, 0.05) is 35.7 Å². The average Bonchev–Trinajstić information content (AvgIpc) is 3.66. The summed E-state index contributed by atoms with van der Waals surface area (Å²) in [5.74, 6) is 2.63. The van der Waals surface area contributed by atoms with Crippen LogP contribution >= 0.6 is 0 Å². The van der Waals surface area contributed by atoms with Gasteiger partial charge in [-0.1, -0.05) is 35.0 Å². The van der Waals surface area contributed by atoms with E-state index < -0.39 is 0 Å². The first-order valence-corrected chi connectivity index (χ1v) is 13.5. The molecule has 0 spiro atoms. The lowest BCUT2D eigenvalue weighted by atomic mass is 9.99. The fourth-order valence-electron chi connectivity index (χ4n) is 4.57. The molecule has 2 fully saturated rings. The van der Waals surface area contributed by atoms with Gasteiger partial charge in [-0.25, -0.2) is 4.98 Å². The number of nitrogens with one attached hydrogen (secondary N) is 1. The Morgan fingerprint density at radius 3 is 2.76 bits per heavy atom. The predicted octanol–water partition coefficient (Wildman–Crippen LogP) is 3.73. The molecule has 6 rings (SSSR count). The van der Waals surface area contributed by atoms with Crippen LogP contribution in [0.25, 0.3) is 10.9 Å². The van der Waals surface area contributed by atoms with E-state index in [4.69, 9.17) is 24.8 Å². The molecule has 1 atom stereocenters. The molecule has 0 bridgehead atoms. The van der Waals surface area contributed by atoms with Crippen molar-refractivity contribution >= 4 is 33.4 Å². The molecule has 3 aromatic rings. The van der Waals surface area contributed by atoms with Crippen LogP contribution in [0.4, 0.5) is 11.8 Å². The molecule has 1 saturated carbocycles. The molecule has 8 heteroatoms.